The molecule has 1 heterocycles. The van der Waals surface area contributed by atoms with E-state index in [2.05, 4.69) is 0 Å². The van der Waals surface area contributed by atoms with Crippen molar-refractivity contribution in [2.24, 2.45) is 0 Å². The maximum atomic E-state index is 13.0. The van der Waals surface area contributed by atoms with Crippen LogP contribution in [0.25, 0.3) is 0 Å². The zero-order chi connectivity index (χ0) is 17.8. The molecule has 2 aromatic carbocycles. The van der Waals surface area contributed by atoms with E-state index in [9.17, 15) is 9.59 Å². The van der Waals surface area contributed by atoms with Gasteiger partial charge in [0.2, 0.25) is 0 Å². The van der Waals surface area contributed by atoms with E-state index < -0.39 is 12.0 Å². The minimum Gasteiger partial charge on any atom is -0.469 e. The van der Waals surface area contributed by atoms with Gasteiger partial charge in [-0.2, -0.15) is 0 Å². The van der Waals surface area contributed by atoms with E-state index in [1.165, 1.54) is 12.0 Å². The van der Waals surface area contributed by atoms with Crippen LogP contribution in [-0.4, -0.2) is 35.0 Å². The number of methoxy groups -OCH3 is 1. The molecule has 5 nitrogen and oxygen atoms in total. The predicted molar refractivity (Wildman–Crippen MR) is 98.9 cm³/mol. The molecule has 2 aromatic rings. The topological polar surface area (TPSA) is 49.9 Å². The number of benzene rings is 2. The summed E-state index contributed by atoms with van der Waals surface area (Å²) in [6.07, 6.45) is -0.0361. The number of anilines is 1. The Balaban J connectivity index is 1.93. The number of esters is 1. The maximum Gasteiger partial charge on any atom is 0.308 e. The van der Waals surface area contributed by atoms with Gasteiger partial charge in [0, 0.05) is 6.54 Å². The lowest BCUT2D eigenvalue weighted by molar-refractivity contribution is -0.143. The molecule has 1 aliphatic heterocycles. The van der Waals surface area contributed by atoms with Crippen molar-refractivity contribution < 1.29 is 14.3 Å². The van der Waals surface area contributed by atoms with Gasteiger partial charge in [-0.05, 0) is 29.9 Å². The quantitative estimate of drug-likeness (QED) is 0.610. The molecule has 6 heteroatoms. The maximum absolute atomic E-state index is 13.0. The third kappa shape index (κ3) is 3.53. The van der Waals surface area contributed by atoms with Crippen LogP contribution in [0.5, 0.6) is 0 Å². The van der Waals surface area contributed by atoms with Gasteiger partial charge >= 0.3 is 5.97 Å². The van der Waals surface area contributed by atoms with Gasteiger partial charge in [-0.1, -0.05) is 48.5 Å². The Kier molecular flexibility index (Phi) is 5.09. The zero-order valence-corrected chi connectivity index (χ0v) is 14.6. The van der Waals surface area contributed by atoms with Crippen molar-refractivity contribution >= 4 is 34.9 Å². The van der Waals surface area contributed by atoms with Crippen LogP contribution in [-0.2, 0) is 20.9 Å². The van der Waals surface area contributed by atoms with Gasteiger partial charge in [0.1, 0.15) is 6.04 Å². The molecule has 0 bridgehead atoms. The van der Waals surface area contributed by atoms with Crippen LogP contribution in [0.1, 0.15) is 12.0 Å². The summed E-state index contributed by atoms with van der Waals surface area (Å²) < 4.78 is 4.76. The standard InChI is InChI=1S/C19H18N2O3S/c1-24-17(22)12-16-18(23)21(15-10-6-3-7-11-15)19(25)20(16)13-14-8-4-2-5-9-14/h2-11,16H,12-13H2,1H3/t16-/m1/s1. The second-order valence-corrected chi connectivity index (χ2v) is 6.07. The van der Waals surface area contributed by atoms with Gasteiger partial charge in [-0.15, -0.1) is 0 Å². The highest BCUT2D eigenvalue weighted by atomic mass is 32.1. The Labute approximate surface area is 151 Å². The highest BCUT2D eigenvalue weighted by molar-refractivity contribution is 7.80. The third-order valence-electron chi connectivity index (χ3n) is 4.12. The molecule has 1 saturated heterocycles. The van der Waals surface area contributed by atoms with Gasteiger partial charge in [0.15, 0.2) is 5.11 Å². The minimum atomic E-state index is -0.666. The molecule has 0 N–H and O–H groups in total. The highest BCUT2D eigenvalue weighted by Gasteiger charge is 2.44. The van der Waals surface area contributed by atoms with Crippen molar-refractivity contribution in [2.75, 3.05) is 12.0 Å². The number of nitrogens with zero attached hydrogens (tertiary/aromatic N) is 2. The molecule has 128 valence electrons. The normalized spacial score (nSPS) is 17.1. The average molecular weight is 354 g/mol. The van der Waals surface area contributed by atoms with E-state index in [-0.39, 0.29) is 12.3 Å². The summed E-state index contributed by atoms with van der Waals surface area (Å²) in [5.41, 5.74) is 1.71. The van der Waals surface area contributed by atoms with Crippen LogP contribution < -0.4 is 4.90 Å². The molecule has 0 radical (unpaired) electrons. The average Bonchev–Trinajstić information content (AvgIpc) is 2.87. The number of rotatable bonds is 5. The summed E-state index contributed by atoms with van der Waals surface area (Å²) in [7, 11) is 1.32. The summed E-state index contributed by atoms with van der Waals surface area (Å²) >= 11 is 5.57. The van der Waals surface area contributed by atoms with Gasteiger partial charge < -0.3 is 9.64 Å². The third-order valence-corrected chi connectivity index (χ3v) is 4.53. The summed E-state index contributed by atoms with van der Waals surface area (Å²) in [5, 5.41) is 0.397. The van der Waals surface area contributed by atoms with Crippen LogP contribution in [0.4, 0.5) is 5.69 Å². The first-order chi connectivity index (χ1) is 12.1. The SMILES string of the molecule is COC(=O)C[C@@H]1C(=O)N(c2ccccc2)C(=S)N1Cc1ccccc1. The number of thiocarbonyl (C=S) groups is 1. The first kappa shape index (κ1) is 17.1. The lowest BCUT2D eigenvalue weighted by Gasteiger charge is -2.23. The fourth-order valence-corrected chi connectivity index (χ4v) is 3.24. The van der Waals surface area contributed by atoms with Gasteiger partial charge in [-0.25, -0.2) is 0 Å². The molecule has 0 unspecified atom stereocenters. The Morgan fingerprint density at radius 2 is 1.68 bits per heavy atom. The number of hydrogen-bond donors (Lipinski definition) is 0. The van der Waals surface area contributed by atoms with E-state index in [4.69, 9.17) is 17.0 Å². The highest BCUT2D eigenvalue weighted by Crippen LogP contribution is 2.28. The molecule has 0 aromatic heterocycles. The molecule has 0 aliphatic carbocycles. The number of carbonyl (C=O) groups is 2. The molecular weight excluding hydrogens is 336 g/mol. The Hall–Kier alpha value is -2.73. The van der Waals surface area contributed by atoms with Crippen molar-refractivity contribution in [1.29, 1.82) is 0 Å². The van der Waals surface area contributed by atoms with Crippen molar-refractivity contribution in [3.05, 3.63) is 66.2 Å². The molecule has 1 amide bonds. The van der Waals surface area contributed by atoms with Crippen LogP contribution in [0, 0.1) is 0 Å². The summed E-state index contributed by atoms with van der Waals surface area (Å²) in [5.74, 6) is -0.647. The Morgan fingerprint density at radius 1 is 1.08 bits per heavy atom. The van der Waals surface area contributed by atoms with E-state index in [1.807, 2.05) is 60.7 Å². The first-order valence-electron chi connectivity index (χ1n) is 7.92. The summed E-state index contributed by atoms with van der Waals surface area (Å²) in [6, 6.07) is 18.3. The second kappa shape index (κ2) is 7.44. The Bertz CT molecular complexity index is 780. The molecule has 25 heavy (non-hydrogen) atoms. The van der Waals surface area contributed by atoms with Crippen molar-refractivity contribution in [3.63, 3.8) is 0 Å². The van der Waals surface area contributed by atoms with Crippen molar-refractivity contribution in [3.8, 4) is 0 Å². The first-order valence-corrected chi connectivity index (χ1v) is 8.33. The molecule has 1 fully saturated rings. The monoisotopic (exact) mass is 354 g/mol. The number of carbonyl (C=O) groups excluding carboxylic acids is 2. The van der Waals surface area contributed by atoms with Crippen LogP contribution in [0.3, 0.4) is 0 Å². The summed E-state index contributed by atoms with van der Waals surface area (Å²) in [6.45, 7) is 0.455. The van der Waals surface area contributed by atoms with E-state index >= 15 is 0 Å². The van der Waals surface area contributed by atoms with Crippen LogP contribution in [0.2, 0.25) is 0 Å². The van der Waals surface area contributed by atoms with E-state index in [0.717, 1.165) is 5.56 Å². The fourth-order valence-electron chi connectivity index (χ4n) is 2.85. The predicted octanol–water partition coefficient (Wildman–Crippen LogP) is 2.75. The molecular formula is C19H18N2O3S. The van der Waals surface area contributed by atoms with E-state index in [0.29, 0.717) is 17.3 Å². The lowest BCUT2D eigenvalue weighted by Crippen LogP contribution is -2.36. The van der Waals surface area contributed by atoms with Crippen molar-refractivity contribution in [1.82, 2.24) is 4.90 Å². The van der Waals surface area contributed by atoms with Crippen LogP contribution in [0.15, 0.2) is 60.7 Å². The fraction of sp³-hybridized carbons (Fsp3) is 0.211. The number of hydrogen-bond acceptors (Lipinski definition) is 4. The smallest absolute Gasteiger partial charge is 0.308 e. The largest absolute Gasteiger partial charge is 0.469 e. The molecule has 3 rings (SSSR count). The molecule has 0 spiro atoms. The molecule has 1 aliphatic rings. The minimum absolute atomic E-state index is 0.0361. The number of amides is 1. The van der Waals surface area contributed by atoms with Gasteiger partial charge in [-0.3, -0.25) is 14.5 Å². The Morgan fingerprint density at radius 3 is 2.28 bits per heavy atom. The van der Waals surface area contributed by atoms with Gasteiger partial charge in [0.25, 0.3) is 5.91 Å². The molecule has 0 saturated carbocycles. The number of ether oxygens (including phenoxy) is 1. The van der Waals surface area contributed by atoms with E-state index in [1.54, 1.807) is 4.90 Å². The van der Waals surface area contributed by atoms with Gasteiger partial charge in [0.05, 0.1) is 19.2 Å². The molecule has 1 atom stereocenters. The van der Waals surface area contributed by atoms with Crippen molar-refractivity contribution in [2.45, 2.75) is 19.0 Å². The summed E-state index contributed by atoms with van der Waals surface area (Å²) in [4.78, 5) is 28.0. The second-order valence-electron chi connectivity index (χ2n) is 5.70. The van der Waals surface area contributed by atoms with Crippen LogP contribution >= 0.6 is 12.2 Å². The number of para-hydroxylation sites is 1. The lowest BCUT2D eigenvalue weighted by atomic mass is 10.1. The zero-order valence-electron chi connectivity index (χ0n) is 13.8.